The van der Waals surface area contributed by atoms with E-state index in [1.807, 2.05) is 0 Å². The van der Waals surface area contributed by atoms with Crippen LogP contribution in [0.25, 0.3) is 0 Å². The molecule has 0 rings (SSSR count). The predicted octanol–water partition coefficient (Wildman–Crippen LogP) is 1.03. The van der Waals surface area contributed by atoms with E-state index in [2.05, 4.69) is 9.05 Å². The highest BCUT2D eigenvalue weighted by molar-refractivity contribution is 7.34. The van der Waals surface area contributed by atoms with Crippen molar-refractivity contribution in [2.45, 2.75) is 0 Å². The molecule has 0 aliphatic heterocycles. The summed E-state index contributed by atoms with van der Waals surface area (Å²) < 4.78 is 16.8. The predicted molar refractivity (Wildman–Crippen MR) is 25.8 cm³/mol. The van der Waals surface area contributed by atoms with Crippen LogP contribution in [0.2, 0.25) is 0 Å². The molecule has 0 aliphatic rings. The summed E-state index contributed by atoms with van der Waals surface area (Å²) in [6.07, 6.45) is -3.72. The van der Waals surface area contributed by atoms with E-state index in [1.54, 1.807) is 0 Å². The van der Waals surface area contributed by atoms with Crippen molar-refractivity contribution in [3.05, 3.63) is 0 Å². The van der Waals surface area contributed by atoms with Gasteiger partial charge < -0.3 is 10.2 Å². The lowest BCUT2D eigenvalue weighted by atomic mass is 11.5. The van der Waals surface area contributed by atoms with Crippen LogP contribution < -0.4 is 0 Å². The molecule has 0 radical (unpaired) electrons. The van der Waals surface area contributed by atoms with Gasteiger partial charge in [-0.1, -0.05) is 0 Å². The lowest BCUT2D eigenvalue weighted by molar-refractivity contribution is 0.124. The fraction of sp³-hybridized carbons (Fsp3) is 0. The average Bonchev–Trinajstić information content (AvgIpc) is 1.58. The summed E-state index contributed by atoms with van der Waals surface area (Å²) in [5, 5.41) is 15.4. The van der Waals surface area contributed by atoms with E-state index in [0.29, 0.717) is 0 Å². The first-order valence-electron chi connectivity index (χ1n) is 1.81. The van der Waals surface area contributed by atoms with Gasteiger partial charge in [0.15, 0.2) is 0 Å². The molecule has 0 aliphatic carbocycles. The topological polar surface area (TPSA) is 110 Å². The maximum atomic E-state index is 10.0. The normalized spacial score (nSPS) is 8.00. The second-order valence-corrected chi connectivity index (χ2v) is 1.75. The Hall–Kier alpha value is -1.36. The highest BCUT2D eigenvalue weighted by Gasteiger charge is 2.30. The van der Waals surface area contributed by atoms with Gasteiger partial charge in [-0.2, -0.15) is 9.59 Å². The molecule has 0 heterocycles. The maximum absolute atomic E-state index is 10.0. The largest absolute Gasteiger partial charge is 0.818 e. The Bertz CT molecular complexity index is 154. The van der Waals surface area contributed by atoms with Crippen LogP contribution in [0.3, 0.4) is 0 Å². The summed E-state index contributed by atoms with van der Waals surface area (Å²) in [7, 11) is -3.11. The summed E-state index contributed by atoms with van der Waals surface area (Å²) in [4.78, 5) is 19.0. The van der Waals surface area contributed by atoms with E-state index >= 15 is 0 Å². The zero-order chi connectivity index (χ0) is 8.15. The second-order valence-electron chi connectivity index (χ2n) is 0.938. The van der Waals surface area contributed by atoms with Gasteiger partial charge in [0.1, 0.15) is 0 Å². The van der Waals surface area contributed by atoms with Crippen LogP contribution in [0.4, 0.5) is 9.59 Å². The van der Waals surface area contributed by atoms with Crippen LogP contribution in [0.5, 0.6) is 0 Å². The third-order valence-corrected chi connectivity index (χ3v) is 0.916. The van der Waals surface area contributed by atoms with Gasteiger partial charge >= 0.3 is 20.6 Å². The van der Waals surface area contributed by atoms with Crippen molar-refractivity contribution < 1.29 is 33.4 Å². The molecule has 0 aromatic heterocycles. The molecule has 0 aromatic carbocycles. The van der Waals surface area contributed by atoms with Crippen molar-refractivity contribution >= 4 is 20.6 Å². The highest BCUT2D eigenvalue weighted by Crippen LogP contribution is 2.23. The van der Waals surface area contributed by atoms with Crippen LogP contribution in [0.15, 0.2) is 0 Å². The molecule has 0 atom stereocenters. The molecule has 0 saturated carbocycles. The van der Waals surface area contributed by atoms with E-state index in [-0.39, 0.29) is 0 Å². The number of carbonyl (C=O) groups is 2. The number of carboxylic acid groups (broad SMARTS) is 2. The third-order valence-electron chi connectivity index (χ3n) is 0.305. The molecule has 8 heteroatoms. The monoisotopic (exact) mass is 169 g/mol. The van der Waals surface area contributed by atoms with Gasteiger partial charge in [0.25, 0.3) is 0 Å². The van der Waals surface area contributed by atoms with Crippen molar-refractivity contribution in [1.82, 2.24) is 0 Å². The first-order chi connectivity index (χ1) is 4.52. The SMILES string of the molecule is O=C(O)O[P+](=O)OC(=O)O. The van der Waals surface area contributed by atoms with Gasteiger partial charge in [0, 0.05) is 4.57 Å². The fourth-order valence-corrected chi connectivity index (χ4v) is 0.438. The molecule has 0 spiro atoms. The third kappa shape index (κ3) is 4.79. The molecule has 0 bridgehead atoms. The van der Waals surface area contributed by atoms with Gasteiger partial charge in [-0.05, 0) is 0 Å². The number of hydrogen-bond acceptors (Lipinski definition) is 5. The fourth-order valence-electron chi connectivity index (χ4n) is 0.146. The van der Waals surface area contributed by atoms with E-state index < -0.39 is 20.6 Å². The van der Waals surface area contributed by atoms with Crippen molar-refractivity contribution in [2.75, 3.05) is 0 Å². The van der Waals surface area contributed by atoms with E-state index in [1.165, 1.54) is 0 Å². The lowest BCUT2D eigenvalue weighted by Gasteiger charge is -1.78. The molecular formula is C2H2O7P+. The Morgan fingerprint density at radius 1 is 1.10 bits per heavy atom. The Balaban J connectivity index is 3.65. The maximum Gasteiger partial charge on any atom is 0.818 e. The molecule has 0 aromatic rings. The van der Waals surface area contributed by atoms with Crippen molar-refractivity contribution in [3.63, 3.8) is 0 Å². The molecule has 0 amide bonds. The van der Waals surface area contributed by atoms with Crippen molar-refractivity contribution in [1.29, 1.82) is 0 Å². The quantitative estimate of drug-likeness (QED) is 0.593. The van der Waals surface area contributed by atoms with Crippen molar-refractivity contribution in [2.24, 2.45) is 0 Å². The molecule has 10 heavy (non-hydrogen) atoms. The lowest BCUT2D eigenvalue weighted by Crippen LogP contribution is -1.97. The minimum Gasteiger partial charge on any atom is -0.447 e. The van der Waals surface area contributed by atoms with Crippen LogP contribution in [-0.4, -0.2) is 22.5 Å². The van der Waals surface area contributed by atoms with Crippen LogP contribution >= 0.6 is 8.25 Å². The van der Waals surface area contributed by atoms with Crippen LogP contribution in [0.1, 0.15) is 0 Å². The Kier molecular flexibility index (Phi) is 3.13. The van der Waals surface area contributed by atoms with E-state index in [9.17, 15) is 14.2 Å². The summed E-state index contributed by atoms with van der Waals surface area (Å²) >= 11 is 0. The summed E-state index contributed by atoms with van der Waals surface area (Å²) in [5.74, 6) is 0. The van der Waals surface area contributed by atoms with Gasteiger partial charge in [-0.3, -0.25) is 0 Å². The van der Waals surface area contributed by atoms with Gasteiger partial charge in [-0.25, -0.2) is 0 Å². The Labute approximate surface area is 55.1 Å². The standard InChI is InChI=1S/C2HO7P/c3-1(4)8-10(7)9-2(5)6/h(H-,3,4,5,6)/p+1. The minimum atomic E-state index is -3.11. The number of hydrogen-bond donors (Lipinski definition) is 2. The minimum absolute atomic E-state index is 1.86. The van der Waals surface area contributed by atoms with Gasteiger partial charge in [-0.15, -0.1) is 9.05 Å². The van der Waals surface area contributed by atoms with Gasteiger partial charge in [0.05, 0.1) is 0 Å². The summed E-state index contributed by atoms with van der Waals surface area (Å²) in [6.45, 7) is 0. The van der Waals surface area contributed by atoms with Crippen LogP contribution in [-0.2, 0) is 13.6 Å². The Morgan fingerprint density at radius 3 is 1.60 bits per heavy atom. The molecule has 2 N–H and O–H groups in total. The summed E-state index contributed by atoms with van der Waals surface area (Å²) in [5.41, 5.74) is 0. The smallest absolute Gasteiger partial charge is 0.447 e. The number of rotatable bonds is 2. The van der Waals surface area contributed by atoms with Gasteiger partial charge in [0.2, 0.25) is 0 Å². The molecular weight excluding hydrogens is 167 g/mol. The first-order valence-corrected chi connectivity index (χ1v) is 2.91. The van der Waals surface area contributed by atoms with Crippen molar-refractivity contribution in [3.8, 4) is 0 Å². The highest BCUT2D eigenvalue weighted by atomic mass is 31.1. The zero-order valence-electron chi connectivity index (χ0n) is 4.38. The van der Waals surface area contributed by atoms with E-state index in [0.717, 1.165) is 0 Å². The molecule has 7 nitrogen and oxygen atoms in total. The molecule has 0 unspecified atom stereocenters. The first kappa shape index (κ1) is 8.64. The summed E-state index contributed by atoms with van der Waals surface area (Å²) in [6, 6.07) is 0. The molecule has 56 valence electrons. The zero-order valence-corrected chi connectivity index (χ0v) is 5.28. The molecule has 0 saturated heterocycles. The second kappa shape index (κ2) is 3.62. The Morgan fingerprint density at radius 2 is 1.40 bits per heavy atom. The molecule has 0 fully saturated rings. The van der Waals surface area contributed by atoms with Crippen LogP contribution in [0, 0.1) is 0 Å². The average molecular weight is 169 g/mol. The van der Waals surface area contributed by atoms with E-state index in [4.69, 9.17) is 10.2 Å².